The number of aryl methyl sites for hydroxylation is 2. The Balaban J connectivity index is 2.37. The quantitative estimate of drug-likeness (QED) is 0.617. The van der Waals surface area contributed by atoms with E-state index in [0.29, 0.717) is 6.04 Å². The second kappa shape index (κ2) is 2.81. The minimum Gasteiger partial charge on any atom is -0.382 e. The van der Waals surface area contributed by atoms with E-state index in [1.54, 1.807) is 0 Å². The number of rotatable bonds is 0. The molecule has 1 nitrogen and oxygen atoms in total. The van der Waals surface area contributed by atoms with Gasteiger partial charge in [-0.15, -0.1) is 0 Å². The summed E-state index contributed by atoms with van der Waals surface area (Å²) < 4.78 is 0. The van der Waals surface area contributed by atoms with E-state index in [1.165, 1.54) is 29.7 Å². The highest BCUT2D eigenvalue weighted by Gasteiger charge is 2.12. The van der Waals surface area contributed by atoms with Crippen LogP contribution in [0.5, 0.6) is 0 Å². The zero-order valence-corrected chi connectivity index (χ0v) is 7.72. The van der Waals surface area contributed by atoms with Crippen molar-refractivity contribution < 1.29 is 0 Å². The molecule has 0 radical (unpaired) electrons. The van der Waals surface area contributed by atoms with Crippen LogP contribution in [0.4, 0.5) is 5.69 Å². The summed E-state index contributed by atoms with van der Waals surface area (Å²) in [5.41, 5.74) is 4.18. The number of anilines is 1. The van der Waals surface area contributed by atoms with Gasteiger partial charge in [-0.25, -0.2) is 0 Å². The van der Waals surface area contributed by atoms with Crippen molar-refractivity contribution in [2.24, 2.45) is 0 Å². The Morgan fingerprint density at radius 3 is 3.08 bits per heavy atom. The van der Waals surface area contributed by atoms with Crippen LogP contribution in [0.15, 0.2) is 18.2 Å². The molecule has 1 heterocycles. The van der Waals surface area contributed by atoms with Gasteiger partial charge in [-0.2, -0.15) is 0 Å². The van der Waals surface area contributed by atoms with Crippen molar-refractivity contribution >= 4 is 5.69 Å². The molecule has 0 amide bonds. The van der Waals surface area contributed by atoms with Crippen LogP contribution >= 0.6 is 0 Å². The average molecular weight is 161 g/mol. The first kappa shape index (κ1) is 7.66. The number of fused-ring (bicyclic) bond motifs is 1. The van der Waals surface area contributed by atoms with Crippen molar-refractivity contribution in [2.45, 2.75) is 32.7 Å². The minimum absolute atomic E-state index is 0.639. The highest BCUT2D eigenvalue weighted by Crippen LogP contribution is 2.25. The van der Waals surface area contributed by atoms with Crippen molar-refractivity contribution in [3.8, 4) is 0 Å². The Bertz CT molecular complexity index is 291. The molecule has 1 aromatic rings. The topological polar surface area (TPSA) is 12.0 Å². The van der Waals surface area contributed by atoms with E-state index in [9.17, 15) is 0 Å². The van der Waals surface area contributed by atoms with Gasteiger partial charge >= 0.3 is 0 Å². The first-order valence-electron chi connectivity index (χ1n) is 4.62. The molecule has 1 aliphatic heterocycles. The number of benzene rings is 1. The van der Waals surface area contributed by atoms with Crippen LogP contribution in [0.25, 0.3) is 0 Å². The predicted octanol–water partition coefficient (Wildman–Crippen LogP) is 2.74. The molecule has 1 heteroatoms. The van der Waals surface area contributed by atoms with Gasteiger partial charge < -0.3 is 5.32 Å². The molecule has 1 aliphatic rings. The van der Waals surface area contributed by atoms with Gasteiger partial charge in [0.15, 0.2) is 0 Å². The predicted molar refractivity (Wildman–Crippen MR) is 52.6 cm³/mol. The lowest BCUT2D eigenvalue weighted by Gasteiger charge is -2.24. The summed E-state index contributed by atoms with van der Waals surface area (Å²) in [5.74, 6) is 0. The largest absolute Gasteiger partial charge is 0.382 e. The summed E-state index contributed by atoms with van der Waals surface area (Å²) in [5, 5.41) is 3.49. The minimum atomic E-state index is 0.639. The summed E-state index contributed by atoms with van der Waals surface area (Å²) in [6, 6.07) is 7.29. The fourth-order valence-corrected chi connectivity index (χ4v) is 1.78. The van der Waals surface area contributed by atoms with E-state index >= 15 is 0 Å². The normalized spacial score (nSPS) is 21.3. The molecule has 1 atom stereocenters. The Morgan fingerprint density at radius 2 is 2.25 bits per heavy atom. The van der Waals surface area contributed by atoms with E-state index < -0.39 is 0 Å². The van der Waals surface area contributed by atoms with Crippen LogP contribution in [-0.2, 0) is 6.42 Å². The van der Waals surface area contributed by atoms with E-state index in [0.717, 1.165) is 0 Å². The van der Waals surface area contributed by atoms with Crippen LogP contribution in [0.3, 0.4) is 0 Å². The zero-order valence-electron chi connectivity index (χ0n) is 7.72. The van der Waals surface area contributed by atoms with Crippen LogP contribution in [0.1, 0.15) is 24.5 Å². The second-order valence-corrected chi connectivity index (χ2v) is 3.74. The maximum Gasteiger partial charge on any atom is 0.0374 e. The molecule has 64 valence electrons. The van der Waals surface area contributed by atoms with Gasteiger partial charge in [0.2, 0.25) is 0 Å². The van der Waals surface area contributed by atoms with Crippen molar-refractivity contribution in [3.05, 3.63) is 29.3 Å². The lowest BCUT2D eigenvalue weighted by Crippen LogP contribution is -2.21. The Hall–Kier alpha value is -0.980. The van der Waals surface area contributed by atoms with Gasteiger partial charge in [0.05, 0.1) is 0 Å². The number of hydrogen-bond acceptors (Lipinski definition) is 1. The molecular formula is C11H15N. The van der Waals surface area contributed by atoms with Gasteiger partial charge in [-0.1, -0.05) is 17.7 Å². The van der Waals surface area contributed by atoms with E-state index in [1.807, 2.05) is 0 Å². The van der Waals surface area contributed by atoms with Crippen molar-refractivity contribution in [1.82, 2.24) is 0 Å². The molecule has 1 N–H and O–H groups in total. The molecule has 0 aromatic heterocycles. The van der Waals surface area contributed by atoms with Crippen LogP contribution in [0.2, 0.25) is 0 Å². The fraction of sp³-hybridized carbons (Fsp3) is 0.455. The van der Waals surface area contributed by atoms with Gasteiger partial charge in [-0.05, 0) is 38.3 Å². The lowest BCUT2D eigenvalue weighted by molar-refractivity contribution is 0.680. The van der Waals surface area contributed by atoms with Crippen molar-refractivity contribution in [3.63, 3.8) is 0 Å². The molecule has 12 heavy (non-hydrogen) atoms. The number of nitrogens with one attached hydrogen (secondary N) is 1. The first-order valence-corrected chi connectivity index (χ1v) is 4.62. The first-order chi connectivity index (χ1) is 5.75. The Morgan fingerprint density at radius 1 is 1.42 bits per heavy atom. The molecule has 1 unspecified atom stereocenters. The molecule has 0 aliphatic carbocycles. The van der Waals surface area contributed by atoms with E-state index in [2.05, 4.69) is 37.4 Å². The summed E-state index contributed by atoms with van der Waals surface area (Å²) >= 11 is 0. The molecule has 2 rings (SSSR count). The Kier molecular flexibility index (Phi) is 1.80. The summed E-state index contributed by atoms with van der Waals surface area (Å²) in [6.45, 7) is 4.39. The molecule has 0 spiro atoms. The van der Waals surface area contributed by atoms with E-state index in [-0.39, 0.29) is 0 Å². The zero-order chi connectivity index (χ0) is 8.55. The highest BCUT2D eigenvalue weighted by molar-refractivity contribution is 5.54. The van der Waals surface area contributed by atoms with Gasteiger partial charge in [0.25, 0.3) is 0 Å². The van der Waals surface area contributed by atoms with E-state index in [4.69, 9.17) is 0 Å². The SMILES string of the molecule is Cc1ccc2c(c1)CCC(C)N2. The highest BCUT2D eigenvalue weighted by atomic mass is 14.9. The molecule has 0 bridgehead atoms. The van der Waals surface area contributed by atoms with Crippen molar-refractivity contribution in [1.29, 1.82) is 0 Å². The Labute approximate surface area is 73.8 Å². The van der Waals surface area contributed by atoms with Crippen LogP contribution in [0, 0.1) is 6.92 Å². The smallest absolute Gasteiger partial charge is 0.0374 e. The van der Waals surface area contributed by atoms with Gasteiger partial charge in [0.1, 0.15) is 0 Å². The van der Waals surface area contributed by atoms with Crippen LogP contribution in [-0.4, -0.2) is 6.04 Å². The maximum atomic E-state index is 3.49. The summed E-state index contributed by atoms with van der Waals surface area (Å²) in [7, 11) is 0. The van der Waals surface area contributed by atoms with Crippen LogP contribution < -0.4 is 5.32 Å². The maximum absolute atomic E-state index is 3.49. The average Bonchev–Trinajstić information content (AvgIpc) is 2.05. The standard InChI is InChI=1S/C11H15N/c1-8-3-6-11-10(7-8)5-4-9(2)12-11/h3,6-7,9,12H,4-5H2,1-2H3. The summed E-state index contributed by atoms with van der Waals surface area (Å²) in [4.78, 5) is 0. The third kappa shape index (κ3) is 1.31. The van der Waals surface area contributed by atoms with Gasteiger partial charge in [0, 0.05) is 11.7 Å². The third-order valence-corrected chi connectivity index (χ3v) is 2.51. The number of hydrogen-bond donors (Lipinski definition) is 1. The molecular weight excluding hydrogens is 146 g/mol. The van der Waals surface area contributed by atoms with Crippen molar-refractivity contribution in [2.75, 3.05) is 5.32 Å². The fourth-order valence-electron chi connectivity index (χ4n) is 1.78. The lowest BCUT2D eigenvalue weighted by atomic mass is 9.97. The third-order valence-electron chi connectivity index (χ3n) is 2.51. The van der Waals surface area contributed by atoms with Gasteiger partial charge in [-0.3, -0.25) is 0 Å². The second-order valence-electron chi connectivity index (χ2n) is 3.74. The molecule has 0 saturated heterocycles. The molecule has 0 fully saturated rings. The molecule has 1 aromatic carbocycles. The monoisotopic (exact) mass is 161 g/mol. The summed E-state index contributed by atoms with van der Waals surface area (Å²) in [6.07, 6.45) is 2.49. The molecule has 0 saturated carbocycles.